The highest BCUT2D eigenvalue weighted by Gasteiger charge is 2.24. The van der Waals surface area contributed by atoms with E-state index in [0.717, 1.165) is 18.4 Å². The van der Waals surface area contributed by atoms with Crippen LogP contribution in [0.1, 0.15) is 5.76 Å². The second-order valence-corrected chi connectivity index (χ2v) is 8.01. The summed E-state index contributed by atoms with van der Waals surface area (Å²) in [7, 11) is 0. The number of amidine groups is 1. The highest BCUT2D eigenvalue weighted by molar-refractivity contribution is 14.1. The minimum atomic E-state index is -0.177. The highest BCUT2D eigenvalue weighted by Crippen LogP contribution is 2.30. The lowest BCUT2D eigenvalue weighted by atomic mass is 10.3. The first-order chi connectivity index (χ1) is 10.5. The van der Waals surface area contributed by atoms with E-state index >= 15 is 0 Å². The van der Waals surface area contributed by atoms with Gasteiger partial charge in [-0.15, -0.1) is 0 Å². The molecule has 1 aromatic heterocycles. The number of hydrogen-bond donors (Lipinski definition) is 1. The summed E-state index contributed by atoms with van der Waals surface area (Å²) < 4.78 is 8.12. The largest absolute Gasteiger partial charge is 0.450 e. The van der Waals surface area contributed by atoms with Crippen LogP contribution in [0.25, 0.3) is 6.08 Å². The van der Waals surface area contributed by atoms with E-state index < -0.39 is 0 Å². The molecule has 22 heavy (non-hydrogen) atoms. The predicted molar refractivity (Wildman–Crippen MR) is 104 cm³/mol. The average Bonchev–Trinajstić information content (AvgIpc) is 2.96. The fourth-order valence-corrected chi connectivity index (χ4v) is 3.48. The van der Waals surface area contributed by atoms with Crippen LogP contribution in [0.2, 0.25) is 0 Å². The standard InChI is InChI=1S/C14H7Br2IN2O2S/c15-7-1-3-8(4-2-7)18-14-19-13(20)11(22-14)6-9-5-10(16)12(17)21-9/h1-6H,(H,18,19,20)/b11-6-. The van der Waals surface area contributed by atoms with Crippen LogP contribution in [0.4, 0.5) is 5.69 Å². The van der Waals surface area contributed by atoms with Crippen molar-refractivity contribution >= 4 is 89.1 Å². The van der Waals surface area contributed by atoms with Crippen molar-refractivity contribution in [2.45, 2.75) is 0 Å². The highest BCUT2D eigenvalue weighted by atomic mass is 127. The van der Waals surface area contributed by atoms with E-state index in [1.165, 1.54) is 11.8 Å². The maximum absolute atomic E-state index is 12.0. The number of nitrogens with one attached hydrogen (secondary N) is 1. The molecular formula is C14H7Br2IN2O2S. The molecule has 0 bridgehead atoms. The van der Waals surface area contributed by atoms with Crippen LogP contribution < -0.4 is 5.32 Å². The Morgan fingerprint density at radius 3 is 2.64 bits per heavy atom. The van der Waals surface area contributed by atoms with Gasteiger partial charge in [0.05, 0.1) is 15.1 Å². The second-order valence-electron chi connectivity index (χ2n) is 4.23. The van der Waals surface area contributed by atoms with Crippen LogP contribution in [0, 0.1) is 3.77 Å². The number of halogens is 3. The van der Waals surface area contributed by atoms with Gasteiger partial charge in [0.25, 0.3) is 5.91 Å². The molecule has 4 nitrogen and oxygen atoms in total. The minimum Gasteiger partial charge on any atom is -0.450 e. The van der Waals surface area contributed by atoms with Crippen molar-refractivity contribution < 1.29 is 9.21 Å². The summed E-state index contributed by atoms with van der Waals surface area (Å²) >= 11 is 10.1. The van der Waals surface area contributed by atoms with Gasteiger partial charge in [-0.3, -0.25) is 4.79 Å². The number of benzene rings is 1. The van der Waals surface area contributed by atoms with E-state index in [0.29, 0.717) is 15.8 Å². The Bertz CT molecular complexity index is 780. The molecule has 2 heterocycles. The van der Waals surface area contributed by atoms with Gasteiger partial charge in [-0.2, -0.15) is 0 Å². The van der Waals surface area contributed by atoms with Crippen LogP contribution in [0.3, 0.4) is 0 Å². The van der Waals surface area contributed by atoms with Gasteiger partial charge in [0.15, 0.2) is 8.93 Å². The van der Waals surface area contributed by atoms with Crippen molar-refractivity contribution in [3.63, 3.8) is 0 Å². The molecule has 1 aliphatic heterocycles. The molecule has 1 N–H and O–H groups in total. The summed E-state index contributed by atoms with van der Waals surface area (Å²) in [5.41, 5.74) is 0.780. The molecule has 2 aromatic rings. The van der Waals surface area contributed by atoms with Crippen LogP contribution >= 0.6 is 66.2 Å². The minimum absolute atomic E-state index is 0.177. The Morgan fingerprint density at radius 2 is 2.00 bits per heavy atom. The molecule has 0 unspecified atom stereocenters. The fraction of sp³-hybridized carbons (Fsp3) is 0. The van der Waals surface area contributed by atoms with Gasteiger partial charge >= 0.3 is 0 Å². The summed E-state index contributed by atoms with van der Waals surface area (Å²) in [6.07, 6.45) is 1.71. The maximum atomic E-state index is 12.0. The van der Waals surface area contributed by atoms with Gasteiger partial charge in [-0.05, 0) is 58.0 Å². The van der Waals surface area contributed by atoms with E-state index in [1.807, 2.05) is 30.3 Å². The first-order valence-electron chi connectivity index (χ1n) is 6.01. The number of aliphatic imine (C=N–C) groups is 1. The van der Waals surface area contributed by atoms with E-state index in [2.05, 4.69) is 64.8 Å². The molecule has 1 aliphatic rings. The maximum Gasteiger partial charge on any atom is 0.264 e. The number of hydrogen-bond acceptors (Lipinski definition) is 4. The lowest BCUT2D eigenvalue weighted by molar-refractivity contribution is -0.115. The fourth-order valence-electron chi connectivity index (χ4n) is 1.68. The molecule has 3 rings (SSSR count). The monoisotopic (exact) mass is 552 g/mol. The Kier molecular flexibility index (Phi) is 5.10. The molecule has 1 saturated heterocycles. The first-order valence-corrected chi connectivity index (χ1v) is 9.49. The van der Waals surface area contributed by atoms with Crippen molar-refractivity contribution in [1.29, 1.82) is 0 Å². The van der Waals surface area contributed by atoms with Crippen molar-refractivity contribution in [1.82, 2.24) is 5.32 Å². The summed E-state index contributed by atoms with van der Waals surface area (Å²) in [5, 5.41) is 3.30. The quantitative estimate of drug-likeness (QED) is 0.406. The van der Waals surface area contributed by atoms with Crippen LogP contribution in [-0.2, 0) is 4.79 Å². The smallest absolute Gasteiger partial charge is 0.264 e. The van der Waals surface area contributed by atoms with E-state index in [-0.39, 0.29) is 5.91 Å². The van der Waals surface area contributed by atoms with Crippen molar-refractivity contribution in [2.75, 3.05) is 0 Å². The van der Waals surface area contributed by atoms with Gasteiger partial charge in [0.2, 0.25) is 0 Å². The third kappa shape index (κ3) is 3.84. The third-order valence-electron chi connectivity index (χ3n) is 2.65. The Morgan fingerprint density at radius 1 is 1.27 bits per heavy atom. The summed E-state index contributed by atoms with van der Waals surface area (Å²) in [6.45, 7) is 0. The van der Waals surface area contributed by atoms with Gasteiger partial charge in [-0.25, -0.2) is 4.99 Å². The lowest BCUT2D eigenvalue weighted by Gasteiger charge is -1.96. The summed E-state index contributed by atoms with van der Waals surface area (Å²) in [5.74, 6) is 0.446. The summed E-state index contributed by atoms with van der Waals surface area (Å²) in [6, 6.07) is 9.38. The molecule has 1 fully saturated rings. The number of thioether (sulfide) groups is 1. The van der Waals surface area contributed by atoms with Gasteiger partial charge in [-0.1, -0.05) is 15.9 Å². The average molecular weight is 554 g/mol. The number of furan rings is 1. The SMILES string of the molecule is O=C1NC(=Nc2ccc(Br)cc2)S/C1=C\c1cc(Br)c(I)o1. The molecule has 1 amide bonds. The van der Waals surface area contributed by atoms with E-state index in [4.69, 9.17) is 4.42 Å². The predicted octanol–water partition coefficient (Wildman–Crippen LogP) is 5.30. The van der Waals surface area contributed by atoms with E-state index in [9.17, 15) is 4.79 Å². The zero-order valence-electron chi connectivity index (χ0n) is 10.8. The van der Waals surface area contributed by atoms with Gasteiger partial charge in [0, 0.05) is 33.1 Å². The zero-order valence-corrected chi connectivity index (χ0v) is 16.9. The molecule has 0 saturated carbocycles. The topological polar surface area (TPSA) is 54.6 Å². The van der Waals surface area contributed by atoms with Gasteiger partial charge in [0.1, 0.15) is 5.76 Å². The second kappa shape index (κ2) is 6.90. The van der Waals surface area contributed by atoms with Gasteiger partial charge < -0.3 is 9.73 Å². The molecular weight excluding hydrogens is 547 g/mol. The number of rotatable bonds is 2. The van der Waals surface area contributed by atoms with E-state index in [1.54, 1.807) is 6.08 Å². The van der Waals surface area contributed by atoms with Crippen LogP contribution in [0.5, 0.6) is 0 Å². The molecule has 0 aliphatic carbocycles. The molecule has 0 radical (unpaired) electrons. The van der Waals surface area contributed by atoms with Crippen molar-refractivity contribution in [2.24, 2.45) is 4.99 Å². The lowest BCUT2D eigenvalue weighted by Crippen LogP contribution is -2.19. The summed E-state index contributed by atoms with van der Waals surface area (Å²) in [4.78, 5) is 16.9. The number of carbonyl (C=O) groups is 1. The molecule has 112 valence electrons. The number of nitrogens with zero attached hydrogens (tertiary/aromatic N) is 1. The molecule has 0 atom stereocenters. The molecule has 0 spiro atoms. The normalized spacial score (nSPS) is 18.2. The van der Waals surface area contributed by atoms with Crippen LogP contribution in [0.15, 0.2) is 53.6 Å². The first kappa shape index (κ1) is 16.3. The Labute approximate surface area is 161 Å². The van der Waals surface area contributed by atoms with Crippen molar-refractivity contribution in [3.05, 3.63) is 53.7 Å². The molecule has 1 aromatic carbocycles. The van der Waals surface area contributed by atoms with Crippen LogP contribution in [-0.4, -0.2) is 11.1 Å². The number of carbonyl (C=O) groups excluding carboxylic acids is 1. The Balaban J connectivity index is 1.82. The number of amides is 1. The third-order valence-corrected chi connectivity index (χ3v) is 6.22. The molecule has 8 heteroatoms. The van der Waals surface area contributed by atoms with Crippen molar-refractivity contribution in [3.8, 4) is 0 Å². The zero-order chi connectivity index (χ0) is 15.7. The Hall–Kier alpha value is -0.580.